The van der Waals surface area contributed by atoms with E-state index < -0.39 is 71.3 Å². The fourth-order valence-electron chi connectivity index (χ4n) is 5.18. The number of Topliss-reactive ketones (excluding diaryl/α,β-unsaturated/α-hetero) is 1. The van der Waals surface area contributed by atoms with Gasteiger partial charge in [-0.25, -0.2) is 4.79 Å². The molecular formula is C28H44N4O8. The third-order valence-corrected chi connectivity index (χ3v) is 7.41. The zero-order chi connectivity index (χ0) is 30.8. The van der Waals surface area contributed by atoms with Crippen LogP contribution in [0.3, 0.4) is 0 Å². The van der Waals surface area contributed by atoms with Crippen LogP contribution in [0.25, 0.3) is 0 Å². The van der Waals surface area contributed by atoms with Crippen molar-refractivity contribution in [2.45, 2.75) is 85.5 Å². The minimum absolute atomic E-state index is 0.0425. The number of carbonyl (C=O) groups excluding carboxylic acids is 6. The van der Waals surface area contributed by atoms with E-state index in [1.807, 2.05) is 13.8 Å². The lowest BCUT2D eigenvalue weighted by Gasteiger charge is -2.38. The number of amides is 4. The Labute approximate surface area is 235 Å². The van der Waals surface area contributed by atoms with Crippen molar-refractivity contribution in [1.82, 2.24) is 20.9 Å². The molecule has 12 nitrogen and oxygen atoms in total. The number of esters is 1. The topological polar surface area (TPSA) is 160 Å². The van der Waals surface area contributed by atoms with Crippen molar-refractivity contribution in [1.29, 1.82) is 0 Å². The fourth-order valence-corrected chi connectivity index (χ4v) is 5.18. The van der Waals surface area contributed by atoms with Crippen LogP contribution in [0.5, 0.6) is 0 Å². The summed E-state index contributed by atoms with van der Waals surface area (Å²) in [5.41, 5.74) is -1.70. The van der Waals surface area contributed by atoms with Gasteiger partial charge in [0.1, 0.15) is 30.3 Å². The van der Waals surface area contributed by atoms with Crippen LogP contribution < -0.4 is 16.0 Å². The van der Waals surface area contributed by atoms with E-state index in [0.717, 1.165) is 7.11 Å². The molecule has 1 saturated carbocycles. The first kappa shape index (κ1) is 32.8. The van der Waals surface area contributed by atoms with Crippen LogP contribution in [-0.4, -0.2) is 84.4 Å². The van der Waals surface area contributed by atoms with Gasteiger partial charge in [-0.15, -0.1) is 6.58 Å². The SMILES string of the molecule is C=CCC(NC(=O)[C@@H]1[C@@H]2[C@H](CN1C(=O)[C@H](NC(=O)OC(C)(C)C)C(C)(C)C)C2(C)C)C(=O)C(=O)NCC(=O)OC. The molecule has 1 aliphatic carbocycles. The van der Waals surface area contributed by atoms with Crippen LogP contribution in [0.1, 0.15) is 61.8 Å². The van der Waals surface area contributed by atoms with Gasteiger partial charge in [-0.1, -0.05) is 40.7 Å². The second kappa shape index (κ2) is 12.0. The number of carbonyl (C=O) groups is 6. The number of rotatable bonds is 10. The van der Waals surface area contributed by atoms with Crippen molar-refractivity contribution < 1.29 is 38.2 Å². The van der Waals surface area contributed by atoms with E-state index in [1.165, 1.54) is 11.0 Å². The molecule has 1 heterocycles. The Bertz CT molecular complexity index is 1060. The first-order chi connectivity index (χ1) is 18.3. The molecule has 2 aliphatic rings. The number of ether oxygens (including phenoxy) is 2. The number of nitrogens with one attached hydrogen (secondary N) is 3. The summed E-state index contributed by atoms with van der Waals surface area (Å²) in [5, 5.41) is 7.48. The van der Waals surface area contributed by atoms with E-state index in [1.54, 1.807) is 41.5 Å². The minimum Gasteiger partial charge on any atom is -0.468 e. The second-order valence-electron chi connectivity index (χ2n) is 13.0. The molecule has 0 bridgehead atoms. The van der Waals surface area contributed by atoms with Gasteiger partial charge in [-0.2, -0.15) is 0 Å². The van der Waals surface area contributed by atoms with Crippen molar-refractivity contribution in [2.24, 2.45) is 22.7 Å². The summed E-state index contributed by atoms with van der Waals surface area (Å²) in [4.78, 5) is 78.2. The number of likely N-dealkylation sites (tertiary alicyclic amines) is 1. The van der Waals surface area contributed by atoms with E-state index in [4.69, 9.17) is 4.74 Å². The van der Waals surface area contributed by atoms with Gasteiger partial charge in [0.15, 0.2) is 0 Å². The Hall–Kier alpha value is -3.44. The largest absolute Gasteiger partial charge is 0.468 e. The summed E-state index contributed by atoms with van der Waals surface area (Å²) in [6.45, 7) is 18.0. The molecule has 1 saturated heterocycles. The zero-order valence-corrected chi connectivity index (χ0v) is 25.0. The quantitative estimate of drug-likeness (QED) is 0.204. The Morgan fingerprint density at radius 3 is 2.15 bits per heavy atom. The maximum absolute atomic E-state index is 13.9. The summed E-state index contributed by atoms with van der Waals surface area (Å²) in [6.07, 6.45) is 0.596. The standard InChI is InChI=1S/C28H44N4O8/c1-11-12-16(20(34)23(36)29-13-17(33)39-10)30-22(35)19-18-15(28(18,8)9)14-32(19)24(37)21(26(2,3)4)31-25(38)40-27(5,6)7/h11,15-16,18-19,21H,1,12-14H2,2-10H3,(H,29,36)(H,30,35)(H,31,38)/t15-,16?,18-,19-,21-/m0/s1. The Balaban J connectivity index is 2.28. The molecule has 4 amide bonds. The lowest BCUT2D eigenvalue weighted by molar-refractivity contribution is -0.146. The average Bonchev–Trinajstić information content (AvgIpc) is 3.16. The molecule has 40 heavy (non-hydrogen) atoms. The highest BCUT2D eigenvalue weighted by atomic mass is 16.6. The van der Waals surface area contributed by atoms with Gasteiger partial charge in [0, 0.05) is 6.54 Å². The molecule has 1 aliphatic heterocycles. The van der Waals surface area contributed by atoms with E-state index in [0.29, 0.717) is 6.54 Å². The lowest BCUT2D eigenvalue weighted by Crippen LogP contribution is -2.60. The molecule has 12 heteroatoms. The smallest absolute Gasteiger partial charge is 0.408 e. The molecule has 0 aromatic carbocycles. The fraction of sp³-hybridized carbons (Fsp3) is 0.714. The average molecular weight is 565 g/mol. The molecule has 0 radical (unpaired) electrons. The first-order valence-corrected chi connectivity index (χ1v) is 13.4. The first-order valence-electron chi connectivity index (χ1n) is 13.4. The molecule has 224 valence electrons. The second-order valence-corrected chi connectivity index (χ2v) is 13.0. The summed E-state index contributed by atoms with van der Waals surface area (Å²) >= 11 is 0. The Morgan fingerprint density at radius 2 is 1.65 bits per heavy atom. The van der Waals surface area contributed by atoms with Gasteiger partial charge in [0.2, 0.25) is 17.6 Å². The number of ketones is 1. The maximum Gasteiger partial charge on any atom is 0.408 e. The van der Waals surface area contributed by atoms with Crippen molar-refractivity contribution in [2.75, 3.05) is 20.2 Å². The normalized spacial score (nSPS) is 22.6. The van der Waals surface area contributed by atoms with Gasteiger partial charge >= 0.3 is 12.1 Å². The molecule has 2 rings (SSSR count). The maximum atomic E-state index is 13.9. The Kier molecular flexibility index (Phi) is 9.81. The third kappa shape index (κ3) is 7.60. The summed E-state index contributed by atoms with van der Waals surface area (Å²) in [6, 6.07) is -3.16. The number of alkyl carbamates (subject to hydrolysis) is 1. The highest BCUT2D eigenvalue weighted by Gasteiger charge is 2.70. The number of hydrogen-bond donors (Lipinski definition) is 3. The Morgan fingerprint density at radius 1 is 1.05 bits per heavy atom. The molecule has 0 aromatic rings. The molecular weight excluding hydrogens is 520 g/mol. The summed E-state index contributed by atoms with van der Waals surface area (Å²) in [5.74, 6) is -3.91. The predicted octanol–water partition coefficient (Wildman–Crippen LogP) is 1.33. The summed E-state index contributed by atoms with van der Waals surface area (Å²) < 4.78 is 9.83. The van der Waals surface area contributed by atoms with E-state index in [9.17, 15) is 28.8 Å². The van der Waals surface area contributed by atoms with Crippen molar-refractivity contribution in [3.05, 3.63) is 12.7 Å². The van der Waals surface area contributed by atoms with Gasteiger partial charge in [0.05, 0.1) is 7.11 Å². The molecule has 2 fully saturated rings. The highest BCUT2D eigenvalue weighted by Crippen LogP contribution is 2.65. The van der Waals surface area contributed by atoms with Crippen LogP contribution in [-0.2, 0) is 33.4 Å². The lowest BCUT2D eigenvalue weighted by atomic mass is 9.85. The monoisotopic (exact) mass is 564 g/mol. The van der Waals surface area contributed by atoms with E-state index >= 15 is 0 Å². The zero-order valence-electron chi connectivity index (χ0n) is 25.0. The van der Waals surface area contributed by atoms with Crippen LogP contribution in [0.4, 0.5) is 4.79 Å². The number of fused-ring (bicyclic) bond motifs is 1. The van der Waals surface area contributed by atoms with E-state index in [2.05, 4.69) is 27.3 Å². The molecule has 3 N–H and O–H groups in total. The summed E-state index contributed by atoms with van der Waals surface area (Å²) in [7, 11) is 1.14. The highest BCUT2D eigenvalue weighted by molar-refractivity contribution is 6.38. The van der Waals surface area contributed by atoms with Crippen molar-refractivity contribution >= 4 is 35.6 Å². The van der Waals surface area contributed by atoms with Gasteiger partial charge in [-0.05, 0) is 49.9 Å². The predicted molar refractivity (Wildman–Crippen MR) is 146 cm³/mol. The van der Waals surface area contributed by atoms with Gasteiger partial charge in [0.25, 0.3) is 5.91 Å². The molecule has 1 unspecified atom stereocenters. The van der Waals surface area contributed by atoms with Crippen LogP contribution in [0.15, 0.2) is 12.7 Å². The number of hydrogen-bond acceptors (Lipinski definition) is 8. The van der Waals surface area contributed by atoms with Gasteiger partial charge < -0.3 is 30.3 Å². The number of piperidine rings is 1. The van der Waals surface area contributed by atoms with Crippen molar-refractivity contribution in [3.63, 3.8) is 0 Å². The van der Waals surface area contributed by atoms with Crippen LogP contribution >= 0.6 is 0 Å². The van der Waals surface area contributed by atoms with Crippen molar-refractivity contribution in [3.8, 4) is 0 Å². The molecule has 0 spiro atoms. The molecule has 5 atom stereocenters. The minimum atomic E-state index is -1.25. The number of nitrogens with zero attached hydrogens (tertiary/aromatic N) is 1. The van der Waals surface area contributed by atoms with E-state index in [-0.39, 0.29) is 23.7 Å². The van der Waals surface area contributed by atoms with Gasteiger partial charge in [-0.3, -0.25) is 24.0 Å². The van der Waals surface area contributed by atoms with Crippen LogP contribution in [0, 0.1) is 22.7 Å². The third-order valence-electron chi connectivity index (χ3n) is 7.41. The number of methoxy groups -OCH3 is 1. The van der Waals surface area contributed by atoms with Crippen LogP contribution in [0.2, 0.25) is 0 Å². The molecule has 0 aromatic heterocycles.